The van der Waals surface area contributed by atoms with Crippen molar-refractivity contribution in [2.24, 2.45) is 0 Å². The van der Waals surface area contributed by atoms with Gasteiger partial charge in [0.15, 0.2) is 0 Å². The lowest BCUT2D eigenvalue weighted by Crippen LogP contribution is -2.06. The molecule has 0 fully saturated rings. The van der Waals surface area contributed by atoms with Crippen LogP contribution in [0.5, 0.6) is 11.5 Å². The monoisotopic (exact) mass is 562 g/mol. The summed E-state index contributed by atoms with van der Waals surface area (Å²) in [6.07, 6.45) is 0. The van der Waals surface area contributed by atoms with Gasteiger partial charge in [-0.15, -0.1) is 0 Å². The van der Waals surface area contributed by atoms with E-state index < -0.39 is 10.8 Å². The molecule has 4 aromatic rings. The largest absolute Gasteiger partial charge is 0.455 e. The van der Waals surface area contributed by atoms with Crippen LogP contribution in [-0.2, 0) is 10.8 Å². The van der Waals surface area contributed by atoms with Crippen LogP contribution in [0.15, 0.2) is 79.4 Å². The number of benzene rings is 4. The van der Waals surface area contributed by atoms with E-state index in [2.05, 4.69) is 31.9 Å². The Morgan fingerprint density at radius 3 is 1.39 bits per heavy atom. The van der Waals surface area contributed by atoms with E-state index in [9.17, 15) is 4.21 Å². The minimum atomic E-state index is -1.31. The van der Waals surface area contributed by atoms with E-state index in [1.54, 1.807) is 0 Å². The van der Waals surface area contributed by atoms with Crippen molar-refractivity contribution in [3.8, 4) is 11.5 Å². The van der Waals surface area contributed by atoms with Crippen LogP contribution in [0.2, 0.25) is 0 Å². The fraction of sp³-hybridized carbons (Fsp3) is 0.231. The van der Waals surface area contributed by atoms with Gasteiger partial charge >= 0.3 is 0 Å². The highest BCUT2D eigenvalue weighted by molar-refractivity contribution is 9.10. The van der Waals surface area contributed by atoms with Crippen molar-refractivity contribution in [2.75, 3.05) is 0 Å². The first-order chi connectivity index (χ1) is 15.1. The molecule has 0 radical (unpaired) electrons. The van der Waals surface area contributed by atoms with Gasteiger partial charge in [-0.2, -0.15) is 0 Å². The summed E-state index contributed by atoms with van der Waals surface area (Å²) in [5.41, 5.74) is 0. The van der Waals surface area contributed by atoms with Gasteiger partial charge in [0, 0.05) is 19.7 Å². The van der Waals surface area contributed by atoms with Crippen LogP contribution in [0.25, 0.3) is 21.5 Å². The second kappa shape index (κ2) is 11.8. The van der Waals surface area contributed by atoms with Gasteiger partial charge in [0.25, 0.3) is 0 Å². The Morgan fingerprint density at radius 2 is 1.00 bits per heavy atom. The van der Waals surface area contributed by atoms with Gasteiger partial charge in [0.1, 0.15) is 11.5 Å². The number of fused-ring (bicyclic) bond motifs is 6. The summed E-state index contributed by atoms with van der Waals surface area (Å²) in [5, 5.41) is 3.99. The van der Waals surface area contributed by atoms with Crippen LogP contribution in [0.3, 0.4) is 0 Å². The molecule has 0 aliphatic carbocycles. The third-order valence-electron chi connectivity index (χ3n) is 4.38. The molecule has 1 aliphatic rings. The lowest BCUT2D eigenvalue weighted by molar-refractivity contribution is 0.454. The van der Waals surface area contributed by atoms with E-state index in [0.717, 1.165) is 40.3 Å². The molecule has 5 heteroatoms. The van der Waals surface area contributed by atoms with E-state index in [4.69, 9.17) is 4.74 Å². The van der Waals surface area contributed by atoms with Crippen molar-refractivity contribution >= 4 is 64.2 Å². The molecule has 0 bridgehead atoms. The molecule has 0 amide bonds. The summed E-state index contributed by atoms with van der Waals surface area (Å²) in [6.45, 7) is 12.0. The van der Waals surface area contributed by atoms with Gasteiger partial charge in [0.05, 0.1) is 20.6 Å². The first kappa shape index (κ1) is 25.6. The number of ether oxygens (including phenoxy) is 1. The predicted octanol–water partition coefficient (Wildman–Crippen LogP) is 9.87. The second-order valence-electron chi connectivity index (χ2n) is 5.89. The summed E-state index contributed by atoms with van der Waals surface area (Å²) in [4.78, 5) is 1.49. The molecular formula is C26H28Br2O2S. The normalized spacial score (nSPS) is 11.5. The average molecular weight is 564 g/mol. The third kappa shape index (κ3) is 5.05. The molecule has 0 saturated heterocycles. The van der Waals surface area contributed by atoms with Crippen molar-refractivity contribution in [1.29, 1.82) is 0 Å². The number of halogens is 2. The molecule has 31 heavy (non-hydrogen) atoms. The van der Waals surface area contributed by atoms with Crippen LogP contribution in [-0.4, -0.2) is 4.21 Å². The van der Waals surface area contributed by atoms with Gasteiger partial charge in [-0.1, -0.05) is 97.7 Å². The van der Waals surface area contributed by atoms with Gasteiger partial charge < -0.3 is 4.74 Å². The number of hydrogen-bond acceptors (Lipinski definition) is 2. The average Bonchev–Trinajstić information content (AvgIpc) is 2.82. The standard InChI is InChI=1S/C20H10Br2O2S.3C2H6/c21-13-3-5-15-11(9-13)1-7-17-19(15)25(23)20-16-6-4-14(22)10-12(16)2-8-18(20)24-17;3*1-2/h1-10H;3*1-2H3. The topological polar surface area (TPSA) is 26.3 Å². The molecule has 0 atom stereocenters. The van der Waals surface area contributed by atoms with Gasteiger partial charge in [0.2, 0.25) is 0 Å². The summed E-state index contributed by atoms with van der Waals surface area (Å²) in [7, 11) is -1.31. The maximum atomic E-state index is 13.5. The predicted molar refractivity (Wildman–Crippen MR) is 142 cm³/mol. The van der Waals surface area contributed by atoms with Crippen LogP contribution in [0.1, 0.15) is 41.5 Å². The SMILES string of the molecule is CC.CC.CC.O=S1c2c(ccc3cc(Br)ccc23)Oc2ccc3cc(Br)ccc3c21. The number of hydrogen-bond donors (Lipinski definition) is 0. The Hall–Kier alpha value is -1.69. The van der Waals surface area contributed by atoms with E-state index >= 15 is 0 Å². The molecule has 5 rings (SSSR count). The first-order valence-corrected chi connectivity index (χ1v) is 13.4. The zero-order valence-electron chi connectivity index (χ0n) is 18.8. The Morgan fingerprint density at radius 1 is 0.613 bits per heavy atom. The Labute approximate surface area is 204 Å². The second-order valence-corrected chi connectivity index (χ2v) is 9.07. The van der Waals surface area contributed by atoms with Crippen molar-refractivity contribution in [3.63, 3.8) is 0 Å². The van der Waals surface area contributed by atoms with Crippen molar-refractivity contribution in [3.05, 3.63) is 69.6 Å². The van der Waals surface area contributed by atoms with Crippen LogP contribution in [0, 0.1) is 0 Å². The van der Waals surface area contributed by atoms with Crippen LogP contribution in [0.4, 0.5) is 0 Å². The minimum Gasteiger partial charge on any atom is -0.455 e. The lowest BCUT2D eigenvalue weighted by Gasteiger charge is -2.22. The van der Waals surface area contributed by atoms with E-state index in [1.165, 1.54) is 0 Å². The van der Waals surface area contributed by atoms with E-state index in [1.807, 2.05) is 102 Å². The molecule has 1 heterocycles. The van der Waals surface area contributed by atoms with Gasteiger partial charge in [-0.25, -0.2) is 4.21 Å². The van der Waals surface area contributed by atoms with Crippen molar-refractivity contribution in [1.82, 2.24) is 0 Å². The van der Waals surface area contributed by atoms with Gasteiger partial charge in [-0.05, 0) is 47.2 Å². The zero-order valence-corrected chi connectivity index (χ0v) is 22.7. The molecule has 4 aromatic carbocycles. The van der Waals surface area contributed by atoms with Gasteiger partial charge in [-0.3, -0.25) is 0 Å². The fourth-order valence-corrected chi connectivity index (χ4v) is 5.59. The highest BCUT2D eigenvalue weighted by atomic mass is 79.9. The smallest absolute Gasteiger partial charge is 0.144 e. The lowest BCUT2D eigenvalue weighted by atomic mass is 10.1. The zero-order chi connectivity index (χ0) is 23.1. The minimum absolute atomic E-state index is 0.664. The van der Waals surface area contributed by atoms with Crippen molar-refractivity contribution in [2.45, 2.75) is 51.3 Å². The summed E-state index contributed by atoms with van der Waals surface area (Å²) >= 11 is 6.99. The highest BCUT2D eigenvalue weighted by Gasteiger charge is 2.28. The van der Waals surface area contributed by atoms with E-state index in [0.29, 0.717) is 11.5 Å². The van der Waals surface area contributed by atoms with Crippen molar-refractivity contribution < 1.29 is 8.95 Å². The molecule has 0 N–H and O–H groups in total. The maximum Gasteiger partial charge on any atom is 0.144 e. The summed E-state index contributed by atoms with van der Waals surface area (Å²) in [5.74, 6) is 1.33. The third-order valence-corrected chi connectivity index (χ3v) is 6.95. The highest BCUT2D eigenvalue weighted by Crippen LogP contribution is 2.46. The first-order valence-electron chi connectivity index (χ1n) is 10.7. The molecule has 164 valence electrons. The van der Waals surface area contributed by atoms with Crippen LogP contribution < -0.4 is 4.74 Å². The summed E-state index contributed by atoms with van der Waals surface area (Å²) < 4.78 is 21.6. The number of rotatable bonds is 0. The molecule has 0 aromatic heterocycles. The summed E-state index contributed by atoms with van der Waals surface area (Å²) in [6, 6.07) is 19.8. The van der Waals surface area contributed by atoms with E-state index in [-0.39, 0.29) is 0 Å². The molecule has 1 aliphatic heterocycles. The Balaban J connectivity index is 0.000000527. The van der Waals surface area contributed by atoms with Crippen LogP contribution >= 0.6 is 31.9 Å². The maximum absolute atomic E-state index is 13.5. The fourth-order valence-electron chi connectivity index (χ4n) is 3.27. The molecule has 0 saturated carbocycles. The molecule has 2 nitrogen and oxygen atoms in total. The Kier molecular flexibility index (Phi) is 9.73. The molecular weight excluding hydrogens is 536 g/mol. The molecule has 0 spiro atoms. The quantitative estimate of drug-likeness (QED) is 0.187. The Bertz CT molecular complexity index is 1130. The molecule has 0 unspecified atom stereocenters.